The highest BCUT2D eigenvalue weighted by atomic mass is 19.1. The first-order chi connectivity index (χ1) is 13.5. The fourth-order valence-corrected chi connectivity index (χ4v) is 3.96. The van der Waals surface area contributed by atoms with Crippen LogP contribution in [-0.4, -0.2) is 16.6 Å². The van der Waals surface area contributed by atoms with E-state index in [9.17, 15) is 13.9 Å². The molecule has 0 saturated carbocycles. The number of benzene rings is 2. The zero-order chi connectivity index (χ0) is 19.5. The van der Waals surface area contributed by atoms with Crippen LogP contribution < -0.4 is 15.8 Å². The Labute approximate surface area is 159 Å². The number of aromatic hydroxyl groups is 1. The number of nitrogens with zero attached hydrogens (tertiary/aromatic N) is 1. The summed E-state index contributed by atoms with van der Waals surface area (Å²) in [7, 11) is 0. The number of hydrogen-bond acceptors (Lipinski definition) is 5. The van der Waals surface area contributed by atoms with E-state index in [0.29, 0.717) is 40.4 Å². The van der Waals surface area contributed by atoms with Gasteiger partial charge in [-0.15, -0.1) is 0 Å². The van der Waals surface area contributed by atoms with E-state index in [4.69, 9.17) is 10.5 Å². The van der Waals surface area contributed by atoms with Crippen LogP contribution >= 0.6 is 0 Å². The number of aromatic nitrogens is 1. The summed E-state index contributed by atoms with van der Waals surface area (Å²) in [4.78, 5) is 3.70. The molecule has 140 valence electrons. The number of fused-ring (bicyclic) bond motifs is 4. The summed E-state index contributed by atoms with van der Waals surface area (Å²) in [6, 6.07) is 10.9. The number of nitrogens with two attached hydrogens (primary N) is 1. The first kappa shape index (κ1) is 16.6. The quantitative estimate of drug-likeness (QED) is 0.564. The SMILES string of the molecule is NC1=C[C@]2(CN1)c1cc(-c3cccnc3F)ccc1Oc1c(F)cc(O)cc12. The molecule has 2 aromatic carbocycles. The molecule has 0 radical (unpaired) electrons. The van der Waals surface area contributed by atoms with Crippen molar-refractivity contribution < 1.29 is 18.6 Å². The molecule has 1 atom stereocenters. The van der Waals surface area contributed by atoms with Crippen LogP contribution in [0.15, 0.2) is 60.6 Å². The van der Waals surface area contributed by atoms with Gasteiger partial charge in [-0.1, -0.05) is 6.07 Å². The molecule has 3 aromatic rings. The molecule has 0 aliphatic carbocycles. The normalized spacial score (nSPS) is 19.4. The van der Waals surface area contributed by atoms with Gasteiger partial charge in [-0.2, -0.15) is 4.39 Å². The second kappa shape index (κ2) is 5.69. The first-order valence-corrected chi connectivity index (χ1v) is 8.66. The Morgan fingerprint density at radius 1 is 1.14 bits per heavy atom. The van der Waals surface area contributed by atoms with Gasteiger partial charge in [0.15, 0.2) is 11.6 Å². The van der Waals surface area contributed by atoms with Gasteiger partial charge in [0, 0.05) is 35.5 Å². The number of pyridine rings is 1. The molecule has 0 fully saturated rings. The van der Waals surface area contributed by atoms with Crippen LogP contribution in [0.2, 0.25) is 0 Å². The summed E-state index contributed by atoms with van der Waals surface area (Å²) in [5, 5.41) is 13.0. The van der Waals surface area contributed by atoms with Crippen molar-refractivity contribution in [3.8, 4) is 28.4 Å². The standard InChI is InChI=1S/C21H15F2N3O2/c22-16-8-12(27)7-15-19(16)28-17-4-3-11(13-2-1-5-25-20(13)23)6-14(17)21(15)9-18(24)26-10-21/h1-9,26-27H,10,24H2/t21-/m0/s1. The average Bonchev–Trinajstić information content (AvgIpc) is 3.06. The van der Waals surface area contributed by atoms with Crippen LogP contribution in [0.1, 0.15) is 11.1 Å². The summed E-state index contributed by atoms with van der Waals surface area (Å²) >= 11 is 0. The predicted molar refractivity (Wildman–Crippen MR) is 98.8 cm³/mol. The number of halogens is 2. The van der Waals surface area contributed by atoms with Crippen LogP contribution in [0, 0.1) is 11.8 Å². The van der Waals surface area contributed by atoms with Crippen molar-refractivity contribution in [3.05, 3.63) is 83.5 Å². The minimum absolute atomic E-state index is 0.0401. The van der Waals surface area contributed by atoms with E-state index in [1.165, 1.54) is 12.3 Å². The van der Waals surface area contributed by atoms with Gasteiger partial charge in [0.2, 0.25) is 5.95 Å². The maximum Gasteiger partial charge on any atom is 0.220 e. The Morgan fingerprint density at radius 3 is 2.75 bits per heavy atom. The molecule has 0 saturated heterocycles. The topological polar surface area (TPSA) is 80.4 Å². The second-order valence-corrected chi connectivity index (χ2v) is 6.88. The lowest BCUT2D eigenvalue weighted by Gasteiger charge is -2.36. The van der Waals surface area contributed by atoms with Gasteiger partial charge in [0.1, 0.15) is 11.5 Å². The van der Waals surface area contributed by atoms with Crippen LogP contribution in [0.5, 0.6) is 17.2 Å². The van der Waals surface area contributed by atoms with E-state index in [0.717, 1.165) is 6.07 Å². The van der Waals surface area contributed by atoms with E-state index in [1.807, 2.05) is 0 Å². The fraction of sp³-hybridized carbons (Fsp3) is 0.0952. The Kier molecular flexibility index (Phi) is 3.37. The second-order valence-electron chi connectivity index (χ2n) is 6.88. The lowest BCUT2D eigenvalue weighted by Crippen LogP contribution is -2.34. The average molecular weight is 379 g/mol. The number of phenolic OH excluding ortho intramolecular Hbond substituents is 1. The van der Waals surface area contributed by atoms with Crippen molar-refractivity contribution in [2.45, 2.75) is 5.41 Å². The molecule has 5 rings (SSSR count). The van der Waals surface area contributed by atoms with E-state index in [2.05, 4.69) is 10.3 Å². The number of nitrogens with one attached hydrogen (secondary N) is 1. The summed E-state index contributed by atoms with van der Waals surface area (Å²) < 4.78 is 34.6. The molecule has 7 heteroatoms. The zero-order valence-electron chi connectivity index (χ0n) is 14.5. The molecule has 28 heavy (non-hydrogen) atoms. The summed E-state index contributed by atoms with van der Waals surface area (Å²) in [5.74, 6) is -0.550. The third-order valence-corrected chi connectivity index (χ3v) is 5.22. The van der Waals surface area contributed by atoms with Crippen molar-refractivity contribution in [1.29, 1.82) is 0 Å². The number of phenols is 1. The minimum atomic E-state index is -0.860. The predicted octanol–water partition coefficient (Wildman–Crippen LogP) is 3.53. The largest absolute Gasteiger partial charge is 0.508 e. The summed E-state index contributed by atoms with van der Waals surface area (Å²) in [5.41, 5.74) is 7.22. The number of rotatable bonds is 1. The maximum atomic E-state index is 14.5. The van der Waals surface area contributed by atoms with Gasteiger partial charge < -0.3 is 20.9 Å². The molecule has 0 bridgehead atoms. The molecule has 1 aromatic heterocycles. The zero-order valence-corrected chi connectivity index (χ0v) is 14.5. The maximum absolute atomic E-state index is 14.5. The van der Waals surface area contributed by atoms with E-state index >= 15 is 0 Å². The van der Waals surface area contributed by atoms with Crippen molar-refractivity contribution >= 4 is 0 Å². The molecule has 5 nitrogen and oxygen atoms in total. The van der Waals surface area contributed by atoms with E-state index in [1.54, 1.807) is 36.4 Å². The lowest BCUT2D eigenvalue weighted by atomic mass is 9.72. The molecule has 2 aliphatic heterocycles. The molecular formula is C21H15F2N3O2. The molecule has 4 N–H and O–H groups in total. The van der Waals surface area contributed by atoms with Crippen molar-refractivity contribution in [1.82, 2.24) is 10.3 Å². The van der Waals surface area contributed by atoms with Crippen LogP contribution in [-0.2, 0) is 5.41 Å². The highest BCUT2D eigenvalue weighted by Crippen LogP contribution is 2.52. The third kappa shape index (κ3) is 2.26. The van der Waals surface area contributed by atoms with Gasteiger partial charge in [-0.05, 0) is 42.0 Å². The van der Waals surface area contributed by atoms with Gasteiger partial charge in [0.25, 0.3) is 0 Å². The van der Waals surface area contributed by atoms with Crippen molar-refractivity contribution in [3.63, 3.8) is 0 Å². The van der Waals surface area contributed by atoms with Crippen molar-refractivity contribution in [2.75, 3.05) is 6.54 Å². The van der Waals surface area contributed by atoms with Gasteiger partial charge in [-0.25, -0.2) is 9.37 Å². The fourth-order valence-electron chi connectivity index (χ4n) is 3.96. The number of ether oxygens (including phenoxy) is 1. The molecule has 0 unspecified atom stereocenters. The molecule has 3 heterocycles. The third-order valence-electron chi connectivity index (χ3n) is 5.22. The summed E-state index contributed by atoms with van der Waals surface area (Å²) in [6.07, 6.45) is 3.16. The molecule has 0 amide bonds. The highest BCUT2D eigenvalue weighted by molar-refractivity contribution is 5.71. The monoisotopic (exact) mass is 379 g/mol. The Morgan fingerprint density at radius 2 is 2.00 bits per heavy atom. The van der Waals surface area contributed by atoms with Crippen LogP contribution in [0.4, 0.5) is 8.78 Å². The van der Waals surface area contributed by atoms with Crippen LogP contribution in [0.3, 0.4) is 0 Å². The molecule has 2 aliphatic rings. The van der Waals surface area contributed by atoms with Gasteiger partial charge in [0.05, 0.1) is 11.2 Å². The van der Waals surface area contributed by atoms with E-state index in [-0.39, 0.29) is 11.5 Å². The Bertz CT molecular complexity index is 1160. The minimum Gasteiger partial charge on any atom is -0.508 e. The van der Waals surface area contributed by atoms with Crippen LogP contribution in [0.25, 0.3) is 11.1 Å². The van der Waals surface area contributed by atoms with Crippen molar-refractivity contribution in [2.24, 2.45) is 5.73 Å². The molecule has 1 spiro atoms. The number of hydrogen-bond donors (Lipinski definition) is 3. The summed E-state index contributed by atoms with van der Waals surface area (Å²) in [6.45, 7) is 0.351. The van der Waals surface area contributed by atoms with E-state index < -0.39 is 17.2 Å². The molecular weight excluding hydrogens is 364 g/mol. The Balaban J connectivity index is 1.78. The first-order valence-electron chi connectivity index (χ1n) is 8.66. The highest BCUT2D eigenvalue weighted by Gasteiger charge is 2.45. The lowest BCUT2D eigenvalue weighted by molar-refractivity contribution is 0.387. The Hall–Kier alpha value is -3.61. The van der Waals surface area contributed by atoms with Gasteiger partial charge >= 0.3 is 0 Å². The van der Waals surface area contributed by atoms with Gasteiger partial charge in [-0.3, -0.25) is 0 Å². The smallest absolute Gasteiger partial charge is 0.220 e.